The number of carbonyl (C=O) groups excluding carboxylic acids is 3. The van der Waals surface area contributed by atoms with Crippen LogP contribution in [0.15, 0.2) is 0 Å². The van der Waals surface area contributed by atoms with Gasteiger partial charge in [-0.05, 0) is 41.5 Å². The molecule has 0 unspecified atom stereocenters. The summed E-state index contributed by atoms with van der Waals surface area (Å²) in [5.74, 6) is -1.36. The fraction of sp³-hybridized carbons (Fsp3) is 0.800. The van der Waals surface area contributed by atoms with Crippen molar-refractivity contribution in [1.82, 2.24) is 0 Å². The molecule has 0 atom stereocenters. The van der Waals surface area contributed by atoms with Gasteiger partial charge in [0.25, 0.3) is 0 Å². The Balaban J connectivity index is 3.70. The van der Waals surface area contributed by atoms with Crippen LogP contribution in [-0.4, -0.2) is 42.5 Å². The molecule has 9 nitrogen and oxygen atoms in total. The van der Waals surface area contributed by atoms with Crippen LogP contribution in [0.25, 0.3) is 0 Å². The van der Waals surface area contributed by atoms with Gasteiger partial charge in [-0.3, -0.25) is 9.78 Å². The van der Waals surface area contributed by atoms with E-state index in [9.17, 15) is 14.4 Å². The highest BCUT2D eigenvalue weighted by molar-refractivity contribution is 5.70. The maximum absolute atomic E-state index is 11.3. The highest BCUT2D eigenvalue weighted by Gasteiger charge is 2.17. The lowest BCUT2D eigenvalue weighted by Crippen LogP contribution is -2.23. The van der Waals surface area contributed by atoms with Crippen LogP contribution in [0.3, 0.4) is 0 Å². The summed E-state index contributed by atoms with van der Waals surface area (Å²) in [5.41, 5.74) is -1.25. The van der Waals surface area contributed by atoms with E-state index in [4.69, 9.17) is 9.78 Å². The standard InChI is InChI=1S/C15H26O9/c1-14(2,3)23-21-11(16)7-9-19-13(18)20-10-8-12(17)22-24-15(4,5)6/h7-10H2,1-6H3. The van der Waals surface area contributed by atoms with Crippen molar-refractivity contribution < 1.29 is 43.4 Å². The first-order chi connectivity index (χ1) is 10.9. The van der Waals surface area contributed by atoms with E-state index >= 15 is 0 Å². The normalized spacial score (nSPS) is 11.6. The summed E-state index contributed by atoms with van der Waals surface area (Å²) in [6, 6.07) is 0. The van der Waals surface area contributed by atoms with Gasteiger partial charge in [0, 0.05) is 0 Å². The fourth-order valence-corrected chi connectivity index (χ4v) is 0.903. The van der Waals surface area contributed by atoms with Gasteiger partial charge < -0.3 is 9.47 Å². The maximum atomic E-state index is 11.3. The average Bonchev–Trinajstić information content (AvgIpc) is 2.41. The van der Waals surface area contributed by atoms with E-state index in [1.807, 2.05) is 0 Å². The third-order valence-electron chi connectivity index (χ3n) is 1.82. The van der Waals surface area contributed by atoms with Crippen LogP contribution in [0.2, 0.25) is 0 Å². The second kappa shape index (κ2) is 10.1. The van der Waals surface area contributed by atoms with Crippen molar-refractivity contribution in [2.75, 3.05) is 13.2 Å². The Morgan fingerprint density at radius 3 is 1.29 bits per heavy atom. The second-order valence-corrected chi connectivity index (χ2v) is 6.75. The molecule has 0 fully saturated rings. The van der Waals surface area contributed by atoms with E-state index < -0.39 is 29.3 Å². The van der Waals surface area contributed by atoms with E-state index in [0.717, 1.165) is 0 Å². The van der Waals surface area contributed by atoms with Gasteiger partial charge in [-0.1, -0.05) is 0 Å². The predicted molar refractivity (Wildman–Crippen MR) is 80.4 cm³/mol. The van der Waals surface area contributed by atoms with Crippen molar-refractivity contribution in [3.05, 3.63) is 0 Å². The van der Waals surface area contributed by atoms with E-state index in [0.29, 0.717) is 0 Å². The first-order valence-corrected chi connectivity index (χ1v) is 7.45. The first-order valence-electron chi connectivity index (χ1n) is 7.45. The van der Waals surface area contributed by atoms with Gasteiger partial charge in [0.1, 0.15) is 24.4 Å². The fourth-order valence-electron chi connectivity index (χ4n) is 0.903. The van der Waals surface area contributed by atoms with Crippen molar-refractivity contribution >= 4 is 18.1 Å². The van der Waals surface area contributed by atoms with Crippen LogP contribution < -0.4 is 0 Å². The van der Waals surface area contributed by atoms with Crippen LogP contribution in [0, 0.1) is 0 Å². The number of hydrogen-bond acceptors (Lipinski definition) is 9. The predicted octanol–water partition coefficient (Wildman–Crippen LogP) is 2.47. The molecule has 0 saturated heterocycles. The Hall–Kier alpha value is -1.87. The molecule has 0 radical (unpaired) electrons. The number of hydrogen-bond donors (Lipinski definition) is 0. The van der Waals surface area contributed by atoms with Crippen molar-refractivity contribution in [1.29, 1.82) is 0 Å². The highest BCUT2D eigenvalue weighted by atomic mass is 17.2. The molecular formula is C15H26O9. The minimum Gasteiger partial charge on any atom is -0.434 e. The Bertz CT molecular complexity index is 380. The average molecular weight is 350 g/mol. The summed E-state index contributed by atoms with van der Waals surface area (Å²) in [5, 5.41) is 0. The quantitative estimate of drug-likeness (QED) is 0.370. The van der Waals surface area contributed by atoms with Gasteiger partial charge in [-0.15, -0.1) is 0 Å². The third-order valence-corrected chi connectivity index (χ3v) is 1.82. The molecule has 0 aromatic carbocycles. The van der Waals surface area contributed by atoms with Crippen LogP contribution >= 0.6 is 0 Å². The SMILES string of the molecule is CC(C)(C)OOC(=O)CCOC(=O)OCCC(=O)OOC(C)(C)C. The molecule has 0 N–H and O–H groups in total. The molecule has 0 aliphatic heterocycles. The van der Waals surface area contributed by atoms with Gasteiger partial charge >= 0.3 is 18.1 Å². The molecule has 0 aromatic rings. The van der Waals surface area contributed by atoms with Crippen LogP contribution in [0.4, 0.5) is 4.79 Å². The Morgan fingerprint density at radius 1 is 0.667 bits per heavy atom. The monoisotopic (exact) mass is 350 g/mol. The van der Waals surface area contributed by atoms with Gasteiger partial charge in [-0.2, -0.15) is 9.78 Å². The zero-order valence-electron chi connectivity index (χ0n) is 15.0. The summed E-state index contributed by atoms with van der Waals surface area (Å²) in [6.45, 7) is 9.82. The maximum Gasteiger partial charge on any atom is 0.508 e. The lowest BCUT2D eigenvalue weighted by molar-refractivity contribution is -0.320. The Morgan fingerprint density at radius 2 is 1.00 bits per heavy atom. The largest absolute Gasteiger partial charge is 0.508 e. The summed E-state index contributed by atoms with van der Waals surface area (Å²) >= 11 is 0. The van der Waals surface area contributed by atoms with Crippen molar-refractivity contribution in [3.63, 3.8) is 0 Å². The summed E-state index contributed by atoms with van der Waals surface area (Å²) in [6.07, 6.45) is -1.39. The Kier molecular flexibility index (Phi) is 9.30. The summed E-state index contributed by atoms with van der Waals surface area (Å²) in [7, 11) is 0. The number of rotatable bonds is 8. The van der Waals surface area contributed by atoms with E-state index in [2.05, 4.69) is 19.2 Å². The summed E-state index contributed by atoms with van der Waals surface area (Å²) in [4.78, 5) is 52.4. The van der Waals surface area contributed by atoms with E-state index in [1.54, 1.807) is 41.5 Å². The number of carbonyl (C=O) groups is 3. The molecule has 0 aliphatic carbocycles. The van der Waals surface area contributed by atoms with E-state index in [1.165, 1.54) is 0 Å². The van der Waals surface area contributed by atoms with Gasteiger partial charge in [0.2, 0.25) is 0 Å². The van der Waals surface area contributed by atoms with Gasteiger partial charge in [-0.25, -0.2) is 14.4 Å². The topological polar surface area (TPSA) is 107 Å². The smallest absolute Gasteiger partial charge is 0.434 e. The van der Waals surface area contributed by atoms with Gasteiger partial charge in [0.15, 0.2) is 0 Å². The molecule has 0 saturated carbocycles. The minimum absolute atomic E-state index is 0.188. The molecule has 140 valence electrons. The molecule has 9 heteroatoms. The van der Waals surface area contributed by atoms with Crippen LogP contribution in [-0.2, 0) is 38.6 Å². The van der Waals surface area contributed by atoms with Gasteiger partial charge in [0.05, 0.1) is 12.8 Å². The second-order valence-electron chi connectivity index (χ2n) is 6.75. The molecule has 0 amide bonds. The van der Waals surface area contributed by atoms with Crippen molar-refractivity contribution in [3.8, 4) is 0 Å². The first kappa shape index (κ1) is 22.1. The molecule has 0 bridgehead atoms. The lowest BCUT2D eigenvalue weighted by Gasteiger charge is -2.16. The molecular weight excluding hydrogens is 324 g/mol. The zero-order chi connectivity index (χ0) is 18.8. The minimum atomic E-state index is -1.01. The van der Waals surface area contributed by atoms with Crippen LogP contribution in [0.1, 0.15) is 54.4 Å². The lowest BCUT2D eigenvalue weighted by atomic mass is 10.2. The van der Waals surface area contributed by atoms with E-state index in [-0.39, 0.29) is 26.1 Å². The molecule has 0 aromatic heterocycles. The molecule has 24 heavy (non-hydrogen) atoms. The third kappa shape index (κ3) is 15.0. The van der Waals surface area contributed by atoms with Crippen molar-refractivity contribution in [2.24, 2.45) is 0 Å². The Labute approximate surface area is 141 Å². The highest BCUT2D eigenvalue weighted by Crippen LogP contribution is 2.08. The molecule has 0 heterocycles. The number of ether oxygens (including phenoxy) is 2. The molecule has 0 aliphatic rings. The zero-order valence-corrected chi connectivity index (χ0v) is 15.0. The molecule has 0 rings (SSSR count). The summed E-state index contributed by atoms with van der Waals surface area (Å²) < 4.78 is 9.28. The van der Waals surface area contributed by atoms with Crippen LogP contribution in [0.5, 0.6) is 0 Å². The molecule has 0 spiro atoms. The van der Waals surface area contributed by atoms with Crippen molar-refractivity contribution in [2.45, 2.75) is 65.6 Å².